The second-order valence-corrected chi connectivity index (χ2v) is 8.59. The van der Waals surface area contributed by atoms with Gasteiger partial charge in [-0.1, -0.05) is 29.5 Å². The first kappa shape index (κ1) is 15.5. The molecule has 1 aromatic carbocycles. The second kappa shape index (κ2) is 6.74. The smallest absolute Gasteiger partial charge is 0.206 e. The standard InChI is InChI=1S/C13H9BrClNO2S2/c14-12-6-7-13(19-12)20(17,18)16-8-2-4-10-3-1-5-11(15)9-10/h1,3,5-7,9,16H,8H2. The van der Waals surface area contributed by atoms with E-state index in [0.717, 1.165) is 20.7 Å². The van der Waals surface area contributed by atoms with E-state index >= 15 is 0 Å². The summed E-state index contributed by atoms with van der Waals surface area (Å²) in [4.78, 5) is 0. The van der Waals surface area contributed by atoms with Crippen LogP contribution in [-0.4, -0.2) is 15.0 Å². The molecule has 1 N–H and O–H groups in total. The minimum absolute atomic E-state index is 0.0460. The Morgan fingerprint density at radius 1 is 1.30 bits per heavy atom. The number of thiophene rings is 1. The van der Waals surface area contributed by atoms with Crippen LogP contribution in [0.25, 0.3) is 0 Å². The lowest BCUT2D eigenvalue weighted by molar-refractivity contribution is 0.588. The van der Waals surface area contributed by atoms with Gasteiger partial charge in [-0.25, -0.2) is 8.42 Å². The predicted octanol–water partition coefficient (Wildman–Crippen LogP) is 3.49. The number of hydrogen-bond acceptors (Lipinski definition) is 3. The Morgan fingerprint density at radius 2 is 2.10 bits per heavy atom. The number of benzene rings is 1. The summed E-state index contributed by atoms with van der Waals surface area (Å²) in [6.45, 7) is 0.0460. The molecule has 0 radical (unpaired) electrons. The van der Waals surface area contributed by atoms with Gasteiger partial charge in [0.05, 0.1) is 10.3 Å². The molecule has 0 spiro atoms. The van der Waals surface area contributed by atoms with Crippen molar-refractivity contribution in [2.45, 2.75) is 4.21 Å². The average molecular weight is 391 g/mol. The van der Waals surface area contributed by atoms with Gasteiger partial charge in [-0.15, -0.1) is 11.3 Å². The molecule has 0 aliphatic heterocycles. The van der Waals surface area contributed by atoms with Crippen molar-refractivity contribution in [3.63, 3.8) is 0 Å². The number of hydrogen-bond donors (Lipinski definition) is 1. The fourth-order valence-corrected chi connectivity index (χ4v) is 4.52. The molecule has 104 valence electrons. The Labute approximate surface area is 135 Å². The van der Waals surface area contributed by atoms with Gasteiger partial charge >= 0.3 is 0 Å². The highest BCUT2D eigenvalue weighted by atomic mass is 79.9. The van der Waals surface area contributed by atoms with Gasteiger partial charge in [0, 0.05) is 10.6 Å². The maximum absolute atomic E-state index is 11.9. The summed E-state index contributed by atoms with van der Waals surface area (Å²) >= 11 is 10.2. The monoisotopic (exact) mass is 389 g/mol. The molecule has 0 saturated carbocycles. The van der Waals surface area contributed by atoms with Gasteiger partial charge in [0.2, 0.25) is 0 Å². The number of rotatable bonds is 3. The average Bonchev–Trinajstić information content (AvgIpc) is 2.82. The van der Waals surface area contributed by atoms with Gasteiger partial charge < -0.3 is 0 Å². The largest absolute Gasteiger partial charge is 0.250 e. The lowest BCUT2D eigenvalue weighted by Crippen LogP contribution is -2.23. The molecule has 0 amide bonds. The normalized spacial score (nSPS) is 10.9. The zero-order chi connectivity index (χ0) is 14.6. The fourth-order valence-electron chi connectivity index (χ4n) is 1.36. The number of halogens is 2. The summed E-state index contributed by atoms with van der Waals surface area (Å²) in [6, 6.07) is 10.3. The molecule has 0 unspecified atom stereocenters. The lowest BCUT2D eigenvalue weighted by atomic mass is 10.2. The Hall–Kier alpha value is -0.840. The first-order valence-electron chi connectivity index (χ1n) is 5.47. The Balaban J connectivity index is 2.00. The topological polar surface area (TPSA) is 46.2 Å². The van der Waals surface area contributed by atoms with E-state index in [1.165, 1.54) is 0 Å². The first-order valence-corrected chi connectivity index (χ1v) is 8.94. The van der Waals surface area contributed by atoms with E-state index in [1.807, 2.05) is 6.07 Å². The molecule has 0 bridgehead atoms. The molecule has 0 saturated heterocycles. The molecule has 0 atom stereocenters. The van der Waals surface area contributed by atoms with Crippen LogP contribution in [-0.2, 0) is 10.0 Å². The van der Waals surface area contributed by atoms with E-state index in [-0.39, 0.29) is 10.8 Å². The third kappa shape index (κ3) is 4.33. The minimum atomic E-state index is -3.49. The van der Waals surface area contributed by atoms with Crippen molar-refractivity contribution in [2.75, 3.05) is 6.54 Å². The van der Waals surface area contributed by atoms with E-state index in [0.29, 0.717) is 5.02 Å². The molecule has 2 aromatic rings. The summed E-state index contributed by atoms with van der Waals surface area (Å²) < 4.78 is 27.3. The molecule has 0 aliphatic carbocycles. The van der Waals surface area contributed by atoms with E-state index in [2.05, 4.69) is 32.5 Å². The van der Waals surface area contributed by atoms with Crippen LogP contribution >= 0.6 is 38.9 Å². The van der Waals surface area contributed by atoms with Crippen molar-refractivity contribution in [2.24, 2.45) is 0 Å². The quantitative estimate of drug-likeness (QED) is 0.815. The van der Waals surface area contributed by atoms with Crippen molar-refractivity contribution in [1.29, 1.82) is 0 Å². The molecule has 1 aromatic heterocycles. The molecule has 0 aliphatic rings. The third-order valence-corrected chi connectivity index (χ3v) is 5.97. The van der Waals surface area contributed by atoms with Crippen LogP contribution in [0.4, 0.5) is 0 Å². The van der Waals surface area contributed by atoms with Gasteiger partial charge in [0.25, 0.3) is 10.0 Å². The van der Waals surface area contributed by atoms with E-state index < -0.39 is 10.0 Å². The third-order valence-electron chi connectivity index (χ3n) is 2.22. The van der Waals surface area contributed by atoms with Gasteiger partial charge in [-0.05, 0) is 46.3 Å². The maximum Gasteiger partial charge on any atom is 0.250 e. The maximum atomic E-state index is 11.9. The van der Waals surface area contributed by atoms with E-state index in [1.54, 1.807) is 30.3 Å². The van der Waals surface area contributed by atoms with Crippen LogP contribution < -0.4 is 4.72 Å². The Morgan fingerprint density at radius 3 is 2.75 bits per heavy atom. The molecule has 20 heavy (non-hydrogen) atoms. The van der Waals surface area contributed by atoms with Crippen LogP contribution in [0.15, 0.2) is 44.4 Å². The SMILES string of the molecule is O=S(=O)(NCC#Cc1cccc(Cl)c1)c1ccc(Br)s1. The van der Waals surface area contributed by atoms with Crippen molar-refractivity contribution in [1.82, 2.24) is 4.72 Å². The van der Waals surface area contributed by atoms with Gasteiger partial charge in [-0.3, -0.25) is 0 Å². The van der Waals surface area contributed by atoms with Crippen LogP contribution in [0, 0.1) is 11.8 Å². The molecular formula is C13H9BrClNO2S2. The zero-order valence-corrected chi connectivity index (χ0v) is 14.0. The summed E-state index contributed by atoms with van der Waals surface area (Å²) in [6.07, 6.45) is 0. The van der Waals surface area contributed by atoms with Gasteiger partial charge in [0.1, 0.15) is 4.21 Å². The molecule has 1 heterocycles. The summed E-state index contributed by atoms with van der Waals surface area (Å²) in [5.74, 6) is 5.60. The molecular weight excluding hydrogens is 382 g/mol. The number of nitrogens with one attached hydrogen (secondary N) is 1. The van der Waals surface area contributed by atoms with E-state index in [4.69, 9.17) is 11.6 Å². The summed E-state index contributed by atoms with van der Waals surface area (Å²) in [5.41, 5.74) is 0.746. The van der Waals surface area contributed by atoms with Crippen LogP contribution in [0.5, 0.6) is 0 Å². The Kier molecular flexibility index (Phi) is 5.24. The minimum Gasteiger partial charge on any atom is -0.206 e. The first-order chi connectivity index (χ1) is 9.47. The zero-order valence-electron chi connectivity index (χ0n) is 10.1. The molecule has 2 rings (SSSR count). The highest BCUT2D eigenvalue weighted by Crippen LogP contribution is 2.25. The van der Waals surface area contributed by atoms with Crippen molar-refractivity contribution >= 4 is 48.9 Å². The summed E-state index contributed by atoms with van der Waals surface area (Å²) in [5, 5.41) is 0.598. The molecule has 7 heteroatoms. The van der Waals surface area contributed by atoms with Gasteiger partial charge in [0.15, 0.2) is 0 Å². The fraction of sp³-hybridized carbons (Fsp3) is 0.0769. The lowest BCUT2D eigenvalue weighted by Gasteiger charge is -1.99. The van der Waals surface area contributed by atoms with E-state index in [9.17, 15) is 8.42 Å². The Bertz CT molecular complexity index is 775. The number of sulfonamides is 1. The van der Waals surface area contributed by atoms with Crippen molar-refractivity contribution < 1.29 is 8.42 Å². The van der Waals surface area contributed by atoms with Crippen molar-refractivity contribution in [3.8, 4) is 11.8 Å². The van der Waals surface area contributed by atoms with Crippen molar-refractivity contribution in [3.05, 3.63) is 50.8 Å². The second-order valence-electron chi connectivity index (χ2n) is 3.70. The van der Waals surface area contributed by atoms with Crippen LogP contribution in [0.2, 0.25) is 5.02 Å². The molecule has 3 nitrogen and oxygen atoms in total. The highest BCUT2D eigenvalue weighted by molar-refractivity contribution is 9.11. The summed E-state index contributed by atoms with van der Waals surface area (Å²) in [7, 11) is -3.49. The molecule has 0 fully saturated rings. The predicted molar refractivity (Wildman–Crippen MR) is 85.5 cm³/mol. The van der Waals surface area contributed by atoms with Crippen LogP contribution in [0.1, 0.15) is 5.56 Å². The van der Waals surface area contributed by atoms with Crippen LogP contribution in [0.3, 0.4) is 0 Å². The van der Waals surface area contributed by atoms with Gasteiger partial charge in [-0.2, -0.15) is 4.72 Å². The highest BCUT2D eigenvalue weighted by Gasteiger charge is 2.14.